The van der Waals surface area contributed by atoms with Crippen molar-refractivity contribution in [3.63, 3.8) is 0 Å². The minimum absolute atomic E-state index is 0.0150. The van der Waals surface area contributed by atoms with Crippen molar-refractivity contribution in [2.75, 3.05) is 12.9 Å². The van der Waals surface area contributed by atoms with Gasteiger partial charge in [-0.1, -0.05) is 27.4 Å². The molecule has 1 aromatic heterocycles. The molecule has 43 heavy (non-hydrogen) atoms. The Balaban J connectivity index is 1.76. The molecule has 10 heteroatoms. The van der Waals surface area contributed by atoms with E-state index in [1.807, 2.05) is 44.2 Å². The number of cyclic esters (lactones) is 1. The molecule has 1 unspecified atom stereocenters. The van der Waals surface area contributed by atoms with Crippen LogP contribution in [0.25, 0.3) is 6.08 Å². The molecule has 0 spiro atoms. The summed E-state index contributed by atoms with van der Waals surface area (Å²) in [5.74, 6) is 1.42. The van der Waals surface area contributed by atoms with Crippen LogP contribution in [0.4, 0.5) is 0 Å². The first-order valence-electron chi connectivity index (χ1n) is 14.8. The summed E-state index contributed by atoms with van der Waals surface area (Å²) in [7, 11) is -5.53. The normalized spacial score (nSPS) is 19.0. The van der Waals surface area contributed by atoms with E-state index < -0.39 is 18.4 Å². The monoisotopic (exact) mass is 696 g/mol. The molecule has 0 bridgehead atoms. The summed E-state index contributed by atoms with van der Waals surface area (Å²) in [6.07, 6.45) is 5.39. The summed E-state index contributed by atoms with van der Waals surface area (Å²) >= 11 is 0.0475. The van der Waals surface area contributed by atoms with Gasteiger partial charge in [0.05, 0.1) is 12.9 Å². The molecular formula is C33H48O7SSeSi. The Hall–Kier alpha value is -1.94. The maximum absolute atomic E-state index is 12.6. The maximum atomic E-state index is 12.6. The molecule has 1 fully saturated rings. The Kier molecular flexibility index (Phi) is 12.3. The second-order valence-corrected chi connectivity index (χ2v) is 22.2. The van der Waals surface area contributed by atoms with Crippen molar-refractivity contribution in [1.29, 1.82) is 0 Å². The van der Waals surface area contributed by atoms with Crippen LogP contribution < -0.4 is 4.46 Å². The van der Waals surface area contributed by atoms with Crippen molar-refractivity contribution < 1.29 is 31.0 Å². The number of esters is 1. The third kappa shape index (κ3) is 11.2. The number of carbonyl (C=O) groups is 1. The van der Waals surface area contributed by atoms with E-state index in [1.165, 1.54) is 4.46 Å². The van der Waals surface area contributed by atoms with Gasteiger partial charge in [0.2, 0.25) is 0 Å². The third-order valence-electron chi connectivity index (χ3n) is 8.19. The van der Waals surface area contributed by atoms with Gasteiger partial charge in [0.1, 0.15) is 0 Å². The van der Waals surface area contributed by atoms with Crippen molar-refractivity contribution in [3.05, 3.63) is 71.2 Å². The van der Waals surface area contributed by atoms with Crippen molar-refractivity contribution in [2.24, 2.45) is 5.92 Å². The number of rotatable bonds is 15. The number of benzene rings is 1. The number of hydrogen-bond acceptors (Lipinski definition) is 7. The van der Waals surface area contributed by atoms with Crippen LogP contribution in [-0.2, 0) is 41.3 Å². The molecule has 1 aliphatic rings. The number of furan rings is 1. The van der Waals surface area contributed by atoms with Crippen LogP contribution in [-0.4, -0.2) is 56.6 Å². The zero-order valence-corrected chi connectivity index (χ0v) is 30.4. The minimum atomic E-state index is -3.51. The van der Waals surface area contributed by atoms with Gasteiger partial charge in [-0.25, -0.2) is 0 Å². The van der Waals surface area contributed by atoms with E-state index in [2.05, 4.69) is 52.6 Å². The van der Waals surface area contributed by atoms with E-state index in [4.69, 9.17) is 17.8 Å². The summed E-state index contributed by atoms with van der Waals surface area (Å²) in [5.41, 5.74) is 2.99. The van der Waals surface area contributed by atoms with Crippen LogP contribution in [0.15, 0.2) is 58.5 Å². The summed E-state index contributed by atoms with van der Waals surface area (Å²) in [5, 5.41) is 0.0673. The van der Waals surface area contributed by atoms with E-state index >= 15 is 0 Å². The Labute approximate surface area is 265 Å². The number of hydrogen-bond donors (Lipinski definition) is 0. The van der Waals surface area contributed by atoms with Crippen LogP contribution >= 0.6 is 0 Å². The van der Waals surface area contributed by atoms with E-state index in [9.17, 15) is 13.2 Å². The van der Waals surface area contributed by atoms with Gasteiger partial charge in [0.25, 0.3) is 10.1 Å². The van der Waals surface area contributed by atoms with Crippen molar-refractivity contribution >= 4 is 49.9 Å². The topological polar surface area (TPSA) is 92.0 Å². The SMILES string of the molecule is C=C(C)[C@@H](CCOS(C)(=O)=O)Cc1oc(/C=C(\C)C[C@@H]2CC([Se]c3ccccc3)C(=O)O2)cc1CO[Si](C)(C)C(C)(C)C. The van der Waals surface area contributed by atoms with Crippen LogP contribution in [0.3, 0.4) is 0 Å². The van der Waals surface area contributed by atoms with E-state index in [1.54, 1.807) is 0 Å². The summed E-state index contributed by atoms with van der Waals surface area (Å²) in [4.78, 5) is 12.5. The van der Waals surface area contributed by atoms with Gasteiger partial charge in [-0.15, -0.1) is 0 Å². The van der Waals surface area contributed by atoms with Crippen LogP contribution in [0.2, 0.25) is 22.9 Å². The van der Waals surface area contributed by atoms with Crippen LogP contribution in [0.5, 0.6) is 0 Å². The predicted octanol–water partition coefficient (Wildman–Crippen LogP) is 6.83. The smallest absolute Gasteiger partial charge is 0.0604 e. The number of carbonyl (C=O) groups excluding carboxylic acids is 1. The van der Waals surface area contributed by atoms with E-state index in [0.717, 1.165) is 40.9 Å². The Morgan fingerprint density at radius 1 is 1.21 bits per heavy atom. The Bertz CT molecular complexity index is 1390. The van der Waals surface area contributed by atoms with Crippen molar-refractivity contribution in [3.8, 4) is 0 Å². The molecule has 0 radical (unpaired) electrons. The molecule has 1 aliphatic heterocycles. The third-order valence-corrected chi connectivity index (χ3v) is 15.8. The second kappa shape index (κ2) is 14.9. The van der Waals surface area contributed by atoms with E-state index in [0.29, 0.717) is 25.9 Å². The van der Waals surface area contributed by atoms with Gasteiger partial charge in [0.15, 0.2) is 0 Å². The predicted molar refractivity (Wildman–Crippen MR) is 176 cm³/mol. The molecule has 0 amide bonds. The summed E-state index contributed by atoms with van der Waals surface area (Å²) < 4.78 is 47.9. The Morgan fingerprint density at radius 3 is 2.49 bits per heavy atom. The zero-order chi connectivity index (χ0) is 32.0. The zero-order valence-electron chi connectivity index (χ0n) is 26.9. The molecule has 1 aromatic carbocycles. The number of allylic oxidation sites excluding steroid dienone is 1. The molecule has 3 atom stereocenters. The molecule has 0 aliphatic carbocycles. The molecule has 2 heterocycles. The second-order valence-electron chi connectivity index (χ2n) is 13.1. The molecule has 0 saturated carbocycles. The average Bonchev–Trinajstić information content (AvgIpc) is 3.42. The van der Waals surface area contributed by atoms with Gasteiger partial charge in [-0.2, -0.15) is 8.42 Å². The Morgan fingerprint density at radius 2 is 1.88 bits per heavy atom. The van der Waals surface area contributed by atoms with Crippen LogP contribution in [0, 0.1) is 5.92 Å². The molecule has 0 N–H and O–H groups in total. The van der Waals surface area contributed by atoms with Gasteiger partial charge >= 0.3 is 179 Å². The first kappa shape index (κ1) is 35.5. The van der Waals surface area contributed by atoms with Crippen molar-refractivity contribution in [2.45, 2.75) is 96.0 Å². The first-order valence-corrected chi connectivity index (χ1v) is 21.4. The fraction of sp³-hybridized carbons (Fsp3) is 0.545. The molecule has 7 nitrogen and oxygen atoms in total. The van der Waals surface area contributed by atoms with Crippen LogP contribution in [0.1, 0.15) is 71.0 Å². The summed E-state index contributed by atoms with van der Waals surface area (Å²) in [6, 6.07) is 12.2. The fourth-order valence-corrected chi connectivity index (χ4v) is 8.25. The van der Waals surface area contributed by atoms with Gasteiger partial charge in [-0.05, 0) is 25.1 Å². The molecular weight excluding hydrogens is 647 g/mol. The molecule has 2 aromatic rings. The first-order chi connectivity index (χ1) is 19.9. The molecule has 3 rings (SSSR count). The van der Waals surface area contributed by atoms with Gasteiger partial charge < -0.3 is 0 Å². The fourth-order valence-electron chi connectivity index (χ4n) is 4.59. The van der Waals surface area contributed by atoms with Gasteiger partial charge in [-0.3, -0.25) is 4.18 Å². The standard InChI is InChI=1S/C33H48O7SSeSi/c1-23(2)25(15-16-37-41(7,35)36)20-30-26(22-38-43(8,9)33(4,5)6)19-27(39-30)17-24(3)18-28-21-31(32(34)40-28)42-29-13-11-10-12-14-29/h10-14,17,19,25,28,31H,1,15-16,18,20-22H2,2-9H3/b24-17+/t25-,28+,31?/m0/s1. The van der Waals surface area contributed by atoms with E-state index in [-0.39, 0.29) is 49.4 Å². The quantitative estimate of drug-likeness (QED) is 0.0874. The summed E-state index contributed by atoms with van der Waals surface area (Å²) in [6.45, 7) is 19.8. The van der Waals surface area contributed by atoms with Gasteiger partial charge in [0, 0.05) is 0 Å². The number of ether oxygens (including phenoxy) is 1. The molecule has 238 valence electrons. The average molecular weight is 696 g/mol. The minimum Gasteiger partial charge on any atom is -0.0604 e. The van der Waals surface area contributed by atoms with Crippen molar-refractivity contribution in [1.82, 2.24) is 0 Å². The molecule has 1 saturated heterocycles.